The predicted molar refractivity (Wildman–Crippen MR) is 93.2 cm³/mol. The summed E-state index contributed by atoms with van der Waals surface area (Å²) in [6, 6.07) is 9.18. The molecule has 3 N–H and O–H groups in total. The monoisotopic (exact) mass is 364 g/mol. The molecular weight excluding hydrogens is 345 g/mol. The Morgan fingerprint density at radius 2 is 2.00 bits per heavy atom. The van der Waals surface area contributed by atoms with Crippen LogP contribution in [0.15, 0.2) is 41.5 Å². The lowest BCUT2D eigenvalue weighted by molar-refractivity contribution is -0.154. The Kier molecular flexibility index (Phi) is 5.29. The van der Waals surface area contributed by atoms with Gasteiger partial charge in [0, 0.05) is 18.0 Å². The number of alkyl halides is 3. The van der Waals surface area contributed by atoms with E-state index in [1.807, 2.05) is 6.07 Å². The first-order chi connectivity index (χ1) is 12.4. The van der Waals surface area contributed by atoms with Crippen LogP contribution >= 0.6 is 0 Å². The molecule has 0 saturated heterocycles. The van der Waals surface area contributed by atoms with Crippen molar-refractivity contribution in [1.82, 2.24) is 4.98 Å². The zero-order valence-corrected chi connectivity index (χ0v) is 14.0. The zero-order chi connectivity index (χ0) is 18.6. The van der Waals surface area contributed by atoms with E-state index in [0.29, 0.717) is 5.56 Å². The zero-order valence-electron chi connectivity index (χ0n) is 14.0. The van der Waals surface area contributed by atoms with Crippen molar-refractivity contribution in [2.24, 2.45) is 10.7 Å². The fourth-order valence-electron chi connectivity index (χ4n) is 2.80. The molecule has 3 rings (SSSR count). The predicted octanol–water partition coefficient (Wildman–Crippen LogP) is 3.44. The number of rotatable bonds is 5. The molecular formula is C18H19F3N4O. The van der Waals surface area contributed by atoms with E-state index < -0.39 is 12.8 Å². The number of fused-ring (bicyclic) bond motifs is 1. The van der Waals surface area contributed by atoms with E-state index in [1.54, 1.807) is 6.07 Å². The maximum atomic E-state index is 12.2. The molecule has 0 radical (unpaired) electrons. The first-order valence-corrected chi connectivity index (χ1v) is 8.22. The average Bonchev–Trinajstić information content (AvgIpc) is 3.06. The van der Waals surface area contributed by atoms with Crippen molar-refractivity contribution < 1.29 is 17.9 Å². The van der Waals surface area contributed by atoms with E-state index in [9.17, 15) is 13.2 Å². The number of nitrogens with two attached hydrogens (primary N) is 1. The molecule has 1 heterocycles. The largest absolute Gasteiger partial charge is 0.468 e. The smallest absolute Gasteiger partial charge is 0.422 e. The van der Waals surface area contributed by atoms with Crippen molar-refractivity contribution >= 4 is 11.6 Å². The van der Waals surface area contributed by atoms with Gasteiger partial charge in [-0.15, -0.1) is 0 Å². The highest BCUT2D eigenvalue weighted by Gasteiger charge is 2.28. The van der Waals surface area contributed by atoms with Crippen LogP contribution in [0.5, 0.6) is 5.88 Å². The van der Waals surface area contributed by atoms with Gasteiger partial charge >= 0.3 is 6.18 Å². The van der Waals surface area contributed by atoms with Gasteiger partial charge in [0.15, 0.2) is 12.6 Å². The van der Waals surface area contributed by atoms with Gasteiger partial charge in [0.25, 0.3) is 0 Å². The first-order valence-electron chi connectivity index (χ1n) is 8.22. The minimum atomic E-state index is -4.40. The van der Waals surface area contributed by atoms with Crippen molar-refractivity contribution in [2.75, 3.05) is 11.9 Å². The lowest BCUT2D eigenvalue weighted by atomic mass is 10.1. The van der Waals surface area contributed by atoms with Crippen LogP contribution in [0.25, 0.3) is 0 Å². The summed E-state index contributed by atoms with van der Waals surface area (Å²) in [6.07, 6.45) is 0.323. The van der Waals surface area contributed by atoms with E-state index >= 15 is 0 Å². The number of nitrogens with one attached hydrogen (secondary N) is 1. The quantitative estimate of drug-likeness (QED) is 0.630. The van der Waals surface area contributed by atoms with Gasteiger partial charge in [-0.05, 0) is 54.2 Å². The number of guanidine groups is 1. The van der Waals surface area contributed by atoms with E-state index in [4.69, 9.17) is 5.73 Å². The fraction of sp³-hybridized carbons (Fsp3) is 0.333. The maximum absolute atomic E-state index is 12.2. The third kappa shape index (κ3) is 5.11. The standard InChI is InChI=1S/C18H19F3N4O/c19-18(20,21)11-26-16-8-12(6-7-23-16)10-24-17(22)25-15-5-4-13-2-1-3-14(13)9-15/h4-9H,1-3,10-11H2,(H3,22,24,25). The molecule has 1 aliphatic rings. The fourth-order valence-corrected chi connectivity index (χ4v) is 2.80. The number of aromatic nitrogens is 1. The van der Waals surface area contributed by atoms with E-state index in [0.717, 1.165) is 18.5 Å². The van der Waals surface area contributed by atoms with Crippen LogP contribution < -0.4 is 15.8 Å². The van der Waals surface area contributed by atoms with Crippen molar-refractivity contribution in [3.05, 3.63) is 53.2 Å². The van der Waals surface area contributed by atoms with Gasteiger partial charge in [0.2, 0.25) is 5.88 Å². The van der Waals surface area contributed by atoms with Gasteiger partial charge in [0.05, 0.1) is 6.54 Å². The maximum Gasteiger partial charge on any atom is 0.422 e. The second kappa shape index (κ2) is 7.63. The second-order valence-electron chi connectivity index (χ2n) is 6.07. The van der Waals surface area contributed by atoms with E-state index in [2.05, 4.69) is 32.2 Å². The summed E-state index contributed by atoms with van der Waals surface area (Å²) in [5.41, 5.74) is 10.1. The molecule has 8 heteroatoms. The number of hydrogen-bond donors (Lipinski definition) is 2. The van der Waals surface area contributed by atoms with Crippen LogP contribution in [-0.2, 0) is 19.4 Å². The Hall–Kier alpha value is -2.77. The SMILES string of the molecule is NC(=NCc1ccnc(OCC(F)(F)F)c1)Nc1ccc2c(c1)CCC2. The summed E-state index contributed by atoms with van der Waals surface area (Å²) >= 11 is 0. The summed E-state index contributed by atoms with van der Waals surface area (Å²) in [6.45, 7) is -1.18. The van der Waals surface area contributed by atoms with E-state index in [-0.39, 0.29) is 18.4 Å². The third-order valence-corrected chi connectivity index (χ3v) is 3.99. The molecule has 138 valence electrons. The topological polar surface area (TPSA) is 72.5 Å². The van der Waals surface area contributed by atoms with Crippen LogP contribution in [0.1, 0.15) is 23.1 Å². The third-order valence-electron chi connectivity index (χ3n) is 3.99. The molecule has 0 fully saturated rings. The molecule has 1 aromatic heterocycles. The molecule has 0 aliphatic heterocycles. The molecule has 0 amide bonds. The lowest BCUT2D eigenvalue weighted by Gasteiger charge is -2.09. The number of aliphatic imine (C=N–C) groups is 1. The van der Waals surface area contributed by atoms with Gasteiger partial charge in [-0.2, -0.15) is 13.2 Å². The first kappa shape index (κ1) is 18.0. The second-order valence-corrected chi connectivity index (χ2v) is 6.07. The van der Waals surface area contributed by atoms with Gasteiger partial charge < -0.3 is 15.8 Å². The van der Waals surface area contributed by atoms with Gasteiger partial charge in [-0.3, -0.25) is 0 Å². The number of halogens is 3. The normalized spacial score (nSPS) is 14.2. The average molecular weight is 364 g/mol. The number of anilines is 1. The van der Waals surface area contributed by atoms with Crippen LogP contribution in [0.4, 0.5) is 18.9 Å². The van der Waals surface area contributed by atoms with Crippen molar-refractivity contribution in [3.63, 3.8) is 0 Å². The number of ether oxygens (including phenoxy) is 1. The highest BCUT2D eigenvalue weighted by atomic mass is 19.4. The number of aryl methyl sites for hydroxylation is 2. The molecule has 0 unspecified atom stereocenters. The molecule has 2 aromatic rings. The minimum Gasteiger partial charge on any atom is -0.468 e. The molecule has 1 aromatic carbocycles. The van der Waals surface area contributed by atoms with E-state index in [1.165, 1.54) is 29.8 Å². The molecule has 0 spiro atoms. The Labute approximate surface area is 149 Å². The molecule has 0 saturated carbocycles. The van der Waals surface area contributed by atoms with Crippen molar-refractivity contribution in [2.45, 2.75) is 32.0 Å². The molecule has 0 bridgehead atoms. The summed E-state index contributed by atoms with van der Waals surface area (Å²) in [5, 5.41) is 3.03. The Bertz CT molecular complexity index is 805. The van der Waals surface area contributed by atoms with Crippen LogP contribution in [0.3, 0.4) is 0 Å². The van der Waals surface area contributed by atoms with Crippen LogP contribution in [0.2, 0.25) is 0 Å². The summed E-state index contributed by atoms with van der Waals surface area (Å²) in [7, 11) is 0. The molecule has 1 aliphatic carbocycles. The van der Waals surface area contributed by atoms with Crippen LogP contribution in [-0.4, -0.2) is 23.7 Å². The highest BCUT2D eigenvalue weighted by Crippen LogP contribution is 2.24. The van der Waals surface area contributed by atoms with Crippen molar-refractivity contribution in [1.29, 1.82) is 0 Å². The lowest BCUT2D eigenvalue weighted by Crippen LogP contribution is -2.22. The van der Waals surface area contributed by atoms with Crippen molar-refractivity contribution in [3.8, 4) is 5.88 Å². The Balaban J connectivity index is 1.58. The number of benzene rings is 1. The summed E-state index contributed by atoms with van der Waals surface area (Å²) in [4.78, 5) is 7.96. The van der Waals surface area contributed by atoms with Crippen LogP contribution in [0, 0.1) is 0 Å². The summed E-state index contributed by atoms with van der Waals surface area (Å²) in [5.74, 6) is 0.137. The number of hydrogen-bond acceptors (Lipinski definition) is 3. The molecule has 0 atom stereocenters. The van der Waals surface area contributed by atoms with Gasteiger partial charge in [-0.1, -0.05) is 6.07 Å². The molecule has 5 nitrogen and oxygen atoms in total. The number of pyridine rings is 1. The minimum absolute atomic E-state index is 0.0971. The summed E-state index contributed by atoms with van der Waals surface area (Å²) < 4.78 is 41.2. The van der Waals surface area contributed by atoms with Gasteiger partial charge in [0.1, 0.15) is 0 Å². The number of nitrogens with zero attached hydrogens (tertiary/aromatic N) is 2. The highest BCUT2D eigenvalue weighted by molar-refractivity contribution is 5.92. The molecule has 26 heavy (non-hydrogen) atoms. The Morgan fingerprint density at radius 1 is 1.19 bits per heavy atom. The Morgan fingerprint density at radius 3 is 2.81 bits per heavy atom. The van der Waals surface area contributed by atoms with Gasteiger partial charge in [-0.25, -0.2) is 9.98 Å².